The Morgan fingerprint density at radius 3 is 2.80 bits per heavy atom. The minimum Gasteiger partial charge on any atom is -0.326 e. The van der Waals surface area contributed by atoms with Crippen molar-refractivity contribution < 1.29 is 4.79 Å². The smallest absolute Gasteiger partial charge is 0.221 e. The van der Waals surface area contributed by atoms with E-state index in [1.165, 1.54) is 12.5 Å². The number of likely N-dealkylation sites (N-methyl/N-ethyl adjacent to an activating group) is 1. The van der Waals surface area contributed by atoms with E-state index < -0.39 is 0 Å². The molecule has 82 valence electrons. The molecule has 0 fully saturated rings. The van der Waals surface area contributed by atoms with Gasteiger partial charge < -0.3 is 10.6 Å². The van der Waals surface area contributed by atoms with Crippen molar-refractivity contribution in [3.63, 3.8) is 0 Å². The van der Waals surface area contributed by atoms with Gasteiger partial charge in [0.25, 0.3) is 0 Å². The van der Waals surface area contributed by atoms with Crippen LogP contribution in [0.15, 0.2) is 24.3 Å². The van der Waals surface area contributed by atoms with Gasteiger partial charge in [-0.2, -0.15) is 0 Å². The molecule has 0 heterocycles. The quantitative estimate of drug-likeness (QED) is 0.788. The molecule has 1 aromatic rings. The third kappa shape index (κ3) is 4.13. The largest absolute Gasteiger partial charge is 0.326 e. The monoisotopic (exact) mass is 206 g/mol. The first-order valence-electron chi connectivity index (χ1n) is 5.15. The highest BCUT2D eigenvalue weighted by molar-refractivity contribution is 5.88. The average Bonchev–Trinajstić information content (AvgIpc) is 2.17. The fourth-order valence-corrected chi connectivity index (χ4v) is 1.43. The van der Waals surface area contributed by atoms with Gasteiger partial charge in [0.2, 0.25) is 5.91 Å². The molecule has 0 bridgehead atoms. The Bertz CT molecular complexity index is 336. The number of hydrogen-bond acceptors (Lipinski definition) is 2. The molecule has 0 aliphatic carbocycles. The third-order valence-electron chi connectivity index (χ3n) is 2.28. The highest BCUT2D eigenvalue weighted by Crippen LogP contribution is 2.12. The Kier molecular flexibility index (Phi) is 4.31. The van der Waals surface area contributed by atoms with Gasteiger partial charge in [0.05, 0.1) is 0 Å². The van der Waals surface area contributed by atoms with Crippen LogP contribution in [-0.4, -0.2) is 19.0 Å². The van der Waals surface area contributed by atoms with E-state index in [2.05, 4.69) is 23.6 Å². The molecule has 1 aromatic carbocycles. The van der Waals surface area contributed by atoms with Crippen molar-refractivity contribution in [2.45, 2.75) is 26.3 Å². The predicted molar refractivity (Wildman–Crippen MR) is 63.0 cm³/mol. The van der Waals surface area contributed by atoms with Crippen molar-refractivity contribution in [1.82, 2.24) is 5.32 Å². The van der Waals surface area contributed by atoms with Crippen LogP contribution in [0, 0.1) is 0 Å². The van der Waals surface area contributed by atoms with Crippen LogP contribution >= 0.6 is 0 Å². The van der Waals surface area contributed by atoms with Crippen molar-refractivity contribution in [2.24, 2.45) is 0 Å². The van der Waals surface area contributed by atoms with E-state index >= 15 is 0 Å². The lowest BCUT2D eigenvalue weighted by molar-refractivity contribution is -0.114. The van der Waals surface area contributed by atoms with Crippen molar-refractivity contribution >= 4 is 11.6 Å². The molecule has 1 amide bonds. The highest BCUT2D eigenvalue weighted by Gasteiger charge is 2.02. The van der Waals surface area contributed by atoms with Gasteiger partial charge >= 0.3 is 0 Å². The lowest BCUT2D eigenvalue weighted by atomic mass is 10.1. The number of rotatable bonds is 4. The predicted octanol–water partition coefficient (Wildman–Crippen LogP) is 1.80. The summed E-state index contributed by atoms with van der Waals surface area (Å²) >= 11 is 0. The van der Waals surface area contributed by atoms with E-state index in [4.69, 9.17) is 0 Å². The molecule has 1 unspecified atom stereocenters. The molecule has 0 saturated heterocycles. The van der Waals surface area contributed by atoms with Gasteiger partial charge in [-0.25, -0.2) is 0 Å². The number of benzene rings is 1. The van der Waals surface area contributed by atoms with E-state index in [-0.39, 0.29) is 5.91 Å². The molecular formula is C12H18N2O. The maximum absolute atomic E-state index is 10.9. The fourth-order valence-electron chi connectivity index (χ4n) is 1.43. The molecular weight excluding hydrogens is 188 g/mol. The molecule has 0 aliphatic rings. The first-order chi connectivity index (χ1) is 7.11. The number of carbonyl (C=O) groups excluding carboxylic acids is 1. The number of nitrogens with one attached hydrogen (secondary N) is 2. The maximum Gasteiger partial charge on any atom is 0.221 e. The van der Waals surface area contributed by atoms with Gasteiger partial charge in [-0.1, -0.05) is 12.1 Å². The molecule has 0 aromatic heterocycles. The van der Waals surface area contributed by atoms with Crippen LogP contribution in [0.2, 0.25) is 0 Å². The zero-order chi connectivity index (χ0) is 11.3. The minimum atomic E-state index is -0.0335. The average molecular weight is 206 g/mol. The first-order valence-corrected chi connectivity index (χ1v) is 5.15. The van der Waals surface area contributed by atoms with E-state index in [9.17, 15) is 4.79 Å². The third-order valence-corrected chi connectivity index (χ3v) is 2.28. The Hall–Kier alpha value is -1.35. The van der Waals surface area contributed by atoms with Crippen LogP contribution in [0.4, 0.5) is 5.69 Å². The van der Waals surface area contributed by atoms with E-state index in [0.29, 0.717) is 6.04 Å². The number of amides is 1. The Balaban J connectivity index is 2.69. The van der Waals surface area contributed by atoms with Crippen molar-refractivity contribution in [3.8, 4) is 0 Å². The standard InChI is InChI=1S/C12H18N2O/c1-9(13-3)7-11-5-4-6-12(8-11)14-10(2)15/h4-6,8-9,13H,7H2,1-3H3,(H,14,15). The maximum atomic E-state index is 10.9. The zero-order valence-electron chi connectivity index (χ0n) is 9.50. The van der Waals surface area contributed by atoms with Crippen LogP contribution in [0.3, 0.4) is 0 Å². The Morgan fingerprint density at radius 1 is 1.47 bits per heavy atom. The van der Waals surface area contributed by atoms with Gasteiger partial charge in [0.15, 0.2) is 0 Å². The summed E-state index contributed by atoms with van der Waals surface area (Å²) in [6, 6.07) is 8.38. The summed E-state index contributed by atoms with van der Waals surface area (Å²) in [5.41, 5.74) is 2.09. The van der Waals surface area contributed by atoms with Gasteiger partial charge in [-0.05, 0) is 38.1 Å². The molecule has 0 saturated carbocycles. The normalized spacial score (nSPS) is 12.2. The summed E-state index contributed by atoms with van der Waals surface area (Å²) < 4.78 is 0. The number of carbonyl (C=O) groups is 1. The summed E-state index contributed by atoms with van der Waals surface area (Å²) in [5, 5.41) is 5.96. The lowest BCUT2D eigenvalue weighted by Crippen LogP contribution is -2.23. The van der Waals surface area contributed by atoms with Crippen molar-refractivity contribution in [3.05, 3.63) is 29.8 Å². The Morgan fingerprint density at radius 2 is 2.20 bits per heavy atom. The van der Waals surface area contributed by atoms with Crippen molar-refractivity contribution in [2.75, 3.05) is 12.4 Å². The molecule has 0 radical (unpaired) electrons. The second-order valence-electron chi connectivity index (χ2n) is 3.78. The van der Waals surface area contributed by atoms with Crippen LogP contribution in [-0.2, 0) is 11.2 Å². The topological polar surface area (TPSA) is 41.1 Å². The zero-order valence-corrected chi connectivity index (χ0v) is 9.50. The summed E-state index contributed by atoms with van der Waals surface area (Å²) in [7, 11) is 1.95. The number of hydrogen-bond donors (Lipinski definition) is 2. The molecule has 0 aliphatic heterocycles. The molecule has 1 atom stereocenters. The minimum absolute atomic E-state index is 0.0335. The number of anilines is 1. The lowest BCUT2D eigenvalue weighted by Gasteiger charge is -2.11. The van der Waals surface area contributed by atoms with Crippen LogP contribution in [0.1, 0.15) is 19.4 Å². The molecule has 3 nitrogen and oxygen atoms in total. The first kappa shape index (κ1) is 11.7. The van der Waals surface area contributed by atoms with Crippen LogP contribution in [0.5, 0.6) is 0 Å². The molecule has 0 spiro atoms. The van der Waals surface area contributed by atoms with E-state index in [0.717, 1.165) is 12.1 Å². The second kappa shape index (κ2) is 5.51. The molecule has 1 rings (SSSR count). The molecule has 3 heteroatoms. The summed E-state index contributed by atoms with van der Waals surface area (Å²) in [4.78, 5) is 10.9. The van der Waals surface area contributed by atoms with Gasteiger partial charge in [0.1, 0.15) is 0 Å². The van der Waals surface area contributed by atoms with Gasteiger partial charge in [-0.3, -0.25) is 4.79 Å². The summed E-state index contributed by atoms with van der Waals surface area (Å²) in [5.74, 6) is -0.0335. The van der Waals surface area contributed by atoms with Crippen LogP contribution in [0.25, 0.3) is 0 Å². The highest BCUT2D eigenvalue weighted by atomic mass is 16.1. The van der Waals surface area contributed by atoms with Crippen LogP contribution < -0.4 is 10.6 Å². The van der Waals surface area contributed by atoms with Gasteiger partial charge in [0, 0.05) is 18.7 Å². The summed E-state index contributed by atoms with van der Waals surface area (Å²) in [6.07, 6.45) is 0.962. The second-order valence-corrected chi connectivity index (χ2v) is 3.78. The van der Waals surface area contributed by atoms with E-state index in [1.807, 2.05) is 25.2 Å². The van der Waals surface area contributed by atoms with Crippen molar-refractivity contribution in [1.29, 1.82) is 0 Å². The summed E-state index contributed by atoms with van der Waals surface area (Å²) in [6.45, 7) is 3.65. The molecule has 15 heavy (non-hydrogen) atoms. The van der Waals surface area contributed by atoms with Gasteiger partial charge in [-0.15, -0.1) is 0 Å². The fraction of sp³-hybridized carbons (Fsp3) is 0.417. The molecule has 2 N–H and O–H groups in total. The SMILES string of the molecule is CNC(C)Cc1cccc(NC(C)=O)c1. The Labute approximate surface area is 90.9 Å². The van der Waals surface area contributed by atoms with E-state index in [1.54, 1.807) is 0 Å².